The lowest BCUT2D eigenvalue weighted by Gasteiger charge is -2.43. The Hall–Kier alpha value is -2.78. The van der Waals surface area contributed by atoms with Crippen LogP contribution in [0.5, 0.6) is 0 Å². The van der Waals surface area contributed by atoms with Crippen LogP contribution in [-0.4, -0.2) is 58.0 Å². The fraction of sp³-hybridized carbons (Fsp3) is 0.391. The number of hydrogen-bond acceptors (Lipinski definition) is 7. The second-order valence-electron chi connectivity index (χ2n) is 8.58. The average Bonchev–Trinajstić information content (AvgIpc) is 2.76. The Balaban J connectivity index is 1.80. The highest BCUT2D eigenvalue weighted by atomic mass is 32.2. The van der Waals surface area contributed by atoms with Gasteiger partial charge in [-0.15, -0.1) is 0 Å². The van der Waals surface area contributed by atoms with Gasteiger partial charge in [-0.1, -0.05) is 12.1 Å². The van der Waals surface area contributed by atoms with Crippen molar-refractivity contribution >= 4 is 31.5 Å². The van der Waals surface area contributed by atoms with E-state index in [4.69, 9.17) is 5.26 Å². The van der Waals surface area contributed by atoms with Crippen molar-refractivity contribution in [2.24, 2.45) is 0 Å². The number of amides is 1. The largest absolute Gasteiger partial charge is 0.326 e. The first-order valence-corrected chi connectivity index (χ1v) is 14.1. The molecule has 0 saturated carbocycles. The van der Waals surface area contributed by atoms with Crippen LogP contribution in [0.2, 0.25) is 0 Å². The molecule has 1 amide bonds. The lowest BCUT2D eigenvalue weighted by atomic mass is 10.0. The Morgan fingerprint density at radius 3 is 2.50 bits per heavy atom. The summed E-state index contributed by atoms with van der Waals surface area (Å²) in [5.74, 6) is -0.364. The Morgan fingerprint density at radius 2 is 1.85 bits per heavy atom. The predicted molar refractivity (Wildman–Crippen MR) is 128 cm³/mol. The maximum absolute atomic E-state index is 13.4. The van der Waals surface area contributed by atoms with E-state index < -0.39 is 31.9 Å². The van der Waals surface area contributed by atoms with Gasteiger partial charge in [-0.2, -0.15) is 9.57 Å². The van der Waals surface area contributed by atoms with Gasteiger partial charge in [0.1, 0.15) is 0 Å². The number of sulfonamides is 1. The number of aryl methyl sites for hydroxylation is 1. The van der Waals surface area contributed by atoms with E-state index in [1.807, 2.05) is 6.07 Å². The number of hydrogen-bond donors (Lipinski definition) is 2. The Bertz CT molecular complexity index is 1350. The van der Waals surface area contributed by atoms with Gasteiger partial charge in [0.15, 0.2) is 9.84 Å². The molecule has 182 valence electrons. The molecule has 2 N–H and O–H groups in total. The van der Waals surface area contributed by atoms with Crippen LogP contribution in [0.4, 0.5) is 5.69 Å². The van der Waals surface area contributed by atoms with Crippen LogP contribution < -0.4 is 10.6 Å². The summed E-state index contributed by atoms with van der Waals surface area (Å²) in [6.45, 7) is 5.63. The monoisotopic (exact) mass is 504 g/mol. The number of carbonyl (C=O) groups is 1. The van der Waals surface area contributed by atoms with E-state index in [1.54, 1.807) is 26.8 Å². The molecule has 0 bridgehead atoms. The van der Waals surface area contributed by atoms with Crippen molar-refractivity contribution in [3.8, 4) is 6.07 Å². The summed E-state index contributed by atoms with van der Waals surface area (Å²) in [4.78, 5) is 13.0. The zero-order valence-electron chi connectivity index (χ0n) is 19.4. The highest BCUT2D eigenvalue weighted by Crippen LogP contribution is 2.27. The van der Waals surface area contributed by atoms with Crippen molar-refractivity contribution in [2.45, 2.75) is 55.1 Å². The standard InChI is InChI=1S/C23H28N4O5S2/c1-15-8-9-19(33(4,29)30)11-21(15)26-23(28)12-22-17(3)27(16(2)14-25-22)34(31,32)20-7-5-6-18(10-20)13-24/h5-11,16-17,22,25H,12,14H2,1-4H3,(H,26,28). The van der Waals surface area contributed by atoms with Gasteiger partial charge in [0, 0.05) is 43.0 Å². The maximum atomic E-state index is 13.4. The molecule has 1 aliphatic rings. The van der Waals surface area contributed by atoms with Crippen molar-refractivity contribution in [2.75, 3.05) is 18.1 Å². The van der Waals surface area contributed by atoms with Gasteiger partial charge in [0.25, 0.3) is 0 Å². The van der Waals surface area contributed by atoms with Crippen LogP contribution in [0, 0.1) is 18.3 Å². The summed E-state index contributed by atoms with van der Waals surface area (Å²) < 4.78 is 51.9. The molecule has 1 fully saturated rings. The van der Waals surface area contributed by atoms with E-state index in [0.717, 1.165) is 6.26 Å². The summed E-state index contributed by atoms with van der Waals surface area (Å²) in [5.41, 5.74) is 1.35. The molecule has 1 heterocycles. The number of nitriles is 1. The first-order valence-electron chi connectivity index (χ1n) is 10.7. The highest BCUT2D eigenvalue weighted by Gasteiger charge is 2.41. The molecule has 2 aromatic rings. The predicted octanol–water partition coefficient (Wildman–Crippen LogP) is 2.04. The number of benzene rings is 2. The summed E-state index contributed by atoms with van der Waals surface area (Å²) in [6, 6.07) is 11.0. The number of piperazine rings is 1. The number of rotatable bonds is 6. The zero-order valence-corrected chi connectivity index (χ0v) is 21.1. The van der Waals surface area contributed by atoms with Gasteiger partial charge in [0.2, 0.25) is 15.9 Å². The number of carbonyl (C=O) groups excluding carboxylic acids is 1. The molecule has 2 aromatic carbocycles. The molecule has 1 saturated heterocycles. The zero-order chi connectivity index (χ0) is 25.3. The van der Waals surface area contributed by atoms with Gasteiger partial charge in [-0.05, 0) is 56.7 Å². The third kappa shape index (κ3) is 5.47. The second-order valence-corrected chi connectivity index (χ2v) is 12.4. The lowest BCUT2D eigenvalue weighted by Crippen LogP contribution is -2.62. The quantitative estimate of drug-likeness (QED) is 0.614. The molecule has 0 aromatic heterocycles. The molecule has 9 nitrogen and oxygen atoms in total. The molecule has 1 aliphatic heterocycles. The molecular weight excluding hydrogens is 476 g/mol. The van der Waals surface area contributed by atoms with E-state index in [9.17, 15) is 21.6 Å². The molecule has 0 radical (unpaired) electrons. The van der Waals surface area contributed by atoms with Crippen LogP contribution in [0.3, 0.4) is 0 Å². The highest BCUT2D eigenvalue weighted by molar-refractivity contribution is 7.90. The summed E-state index contributed by atoms with van der Waals surface area (Å²) in [6.07, 6.45) is 1.08. The molecule has 0 aliphatic carbocycles. The minimum atomic E-state index is -3.91. The Kier molecular flexibility index (Phi) is 7.47. The van der Waals surface area contributed by atoms with Crippen molar-refractivity contribution in [1.29, 1.82) is 5.26 Å². The topological polar surface area (TPSA) is 136 Å². The smallest absolute Gasteiger partial charge is 0.243 e. The molecule has 3 atom stereocenters. The number of sulfone groups is 1. The van der Waals surface area contributed by atoms with Gasteiger partial charge in [-0.3, -0.25) is 4.79 Å². The van der Waals surface area contributed by atoms with Crippen LogP contribution in [0.15, 0.2) is 52.3 Å². The van der Waals surface area contributed by atoms with Gasteiger partial charge < -0.3 is 10.6 Å². The lowest BCUT2D eigenvalue weighted by molar-refractivity contribution is -0.117. The average molecular weight is 505 g/mol. The first-order chi connectivity index (χ1) is 15.8. The van der Waals surface area contributed by atoms with E-state index in [1.165, 1.54) is 40.7 Å². The summed E-state index contributed by atoms with van der Waals surface area (Å²) >= 11 is 0. The summed E-state index contributed by atoms with van der Waals surface area (Å²) in [7, 11) is -7.34. The van der Waals surface area contributed by atoms with E-state index >= 15 is 0 Å². The minimum absolute atomic E-state index is 0.0132. The first kappa shape index (κ1) is 25.8. The second kappa shape index (κ2) is 9.84. The molecule has 3 unspecified atom stereocenters. The summed E-state index contributed by atoms with van der Waals surface area (Å²) in [5, 5.41) is 15.1. The molecule has 34 heavy (non-hydrogen) atoms. The van der Waals surface area contributed by atoms with Crippen LogP contribution in [-0.2, 0) is 24.7 Å². The van der Waals surface area contributed by atoms with E-state index in [-0.39, 0.29) is 33.7 Å². The Morgan fingerprint density at radius 1 is 1.15 bits per heavy atom. The van der Waals surface area contributed by atoms with Gasteiger partial charge in [-0.25, -0.2) is 16.8 Å². The van der Waals surface area contributed by atoms with E-state index in [2.05, 4.69) is 10.6 Å². The van der Waals surface area contributed by atoms with Crippen LogP contribution >= 0.6 is 0 Å². The SMILES string of the molecule is Cc1ccc(S(C)(=O)=O)cc1NC(=O)CC1NCC(C)N(S(=O)(=O)c2cccc(C#N)c2)C1C. The normalized spacial score (nSPS) is 21.6. The third-order valence-electron chi connectivity index (χ3n) is 5.95. The van der Waals surface area contributed by atoms with Crippen LogP contribution in [0.1, 0.15) is 31.4 Å². The van der Waals surface area contributed by atoms with Crippen molar-refractivity contribution in [3.05, 3.63) is 53.6 Å². The fourth-order valence-electron chi connectivity index (χ4n) is 4.07. The van der Waals surface area contributed by atoms with Gasteiger partial charge in [0.05, 0.1) is 21.4 Å². The van der Waals surface area contributed by atoms with Crippen LogP contribution in [0.25, 0.3) is 0 Å². The van der Waals surface area contributed by atoms with Crippen molar-refractivity contribution < 1.29 is 21.6 Å². The molecule has 3 rings (SSSR count). The van der Waals surface area contributed by atoms with E-state index in [0.29, 0.717) is 17.8 Å². The maximum Gasteiger partial charge on any atom is 0.243 e. The molecule has 0 spiro atoms. The Labute approximate surface area is 200 Å². The number of nitrogens with zero attached hydrogens (tertiary/aromatic N) is 2. The van der Waals surface area contributed by atoms with Crippen molar-refractivity contribution in [3.63, 3.8) is 0 Å². The minimum Gasteiger partial charge on any atom is -0.326 e. The van der Waals surface area contributed by atoms with Gasteiger partial charge >= 0.3 is 0 Å². The van der Waals surface area contributed by atoms with Crippen molar-refractivity contribution in [1.82, 2.24) is 9.62 Å². The molecule has 11 heteroatoms. The number of anilines is 1. The number of nitrogens with one attached hydrogen (secondary N) is 2. The molecular formula is C23H28N4O5S2. The third-order valence-corrected chi connectivity index (χ3v) is 9.16. The fourth-order valence-corrected chi connectivity index (χ4v) is 6.63.